The molecule has 0 aromatic carbocycles. The number of likely N-dealkylation sites (N-methyl/N-ethyl adjacent to an activating group) is 1. The number of hydrogen-bond acceptors (Lipinski definition) is 6. The zero-order valence-electron chi connectivity index (χ0n) is 12.4. The van der Waals surface area contributed by atoms with Crippen LogP contribution in [-0.2, 0) is 6.54 Å². The predicted octanol–water partition coefficient (Wildman–Crippen LogP) is 0.749. The van der Waals surface area contributed by atoms with E-state index in [2.05, 4.69) is 25.4 Å². The summed E-state index contributed by atoms with van der Waals surface area (Å²) in [4.78, 5) is 10.7. The fourth-order valence-electron chi connectivity index (χ4n) is 1.99. The Morgan fingerprint density at radius 3 is 2.67 bits per heavy atom. The minimum absolute atomic E-state index is 0.352. The van der Waals surface area contributed by atoms with Crippen LogP contribution in [0, 0.1) is 6.92 Å². The van der Waals surface area contributed by atoms with E-state index in [1.54, 1.807) is 18.6 Å². The van der Waals surface area contributed by atoms with Crippen LogP contribution >= 0.6 is 11.6 Å². The first-order valence-electron chi connectivity index (χ1n) is 6.63. The Hall–Kier alpha value is -1.54. The van der Waals surface area contributed by atoms with Crippen molar-refractivity contribution in [2.24, 2.45) is 5.84 Å². The highest BCUT2D eigenvalue weighted by Gasteiger charge is 2.22. The van der Waals surface area contributed by atoms with Crippen LogP contribution in [0.2, 0.25) is 5.02 Å². The van der Waals surface area contributed by atoms with E-state index in [1.807, 2.05) is 25.7 Å². The Morgan fingerprint density at radius 1 is 1.33 bits per heavy atom. The second-order valence-electron chi connectivity index (χ2n) is 5.09. The Kier molecular flexibility index (Phi) is 5.24. The first-order chi connectivity index (χ1) is 10.0. The summed E-state index contributed by atoms with van der Waals surface area (Å²) in [6, 6.07) is -0.352. The molecule has 21 heavy (non-hydrogen) atoms. The zero-order valence-corrected chi connectivity index (χ0v) is 13.2. The van der Waals surface area contributed by atoms with Gasteiger partial charge in [0.25, 0.3) is 0 Å². The van der Waals surface area contributed by atoms with Gasteiger partial charge in [-0.1, -0.05) is 11.6 Å². The van der Waals surface area contributed by atoms with Crippen molar-refractivity contribution >= 4 is 11.6 Å². The largest absolute Gasteiger partial charge is 0.308 e. The van der Waals surface area contributed by atoms with Gasteiger partial charge in [-0.2, -0.15) is 5.10 Å². The molecule has 0 amide bonds. The first kappa shape index (κ1) is 15.8. The van der Waals surface area contributed by atoms with E-state index in [-0.39, 0.29) is 6.04 Å². The maximum Gasteiger partial charge on any atom is 0.108 e. The van der Waals surface area contributed by atoms with Crippen molar-refractivity contribution in [2.45, 2.75) is 19.5 Å². The fourth-order valence-corrected chi connectivity index (χ4v) is 2.24. The summed E-state index contributed by atoms with van der Waals surface area (Å²) in [5.41, 5.74) is 5.09. The molecule has 2 rings (SSSR count). The molecule has 0 saturated heterocycles. The number of rotatable bonds is 6. The van der Waals surface area contributed by atoms with Crippen LogP contribution in [0.3, 0.4) is 0 Å². The van der Waals surface area contributed by atoms with Crippen molar-refractivity contribution in [1.82, 2.24) is 30.1 Å². The quantitative estimate of drug-likeness (QED) is 0.605. The Labute approximate surface area is 129 Å². The minimum Gasteiger partial charge on any atom is -0.308 e. The van der Waals surface area contributed by atoms with Gasteiger partial charge in [0, 0.05) is 12.7 Å². The topological polar surface area (TPSA) is 84.9 Å². The van der Waals surface area contributed by atoms with Crippen LogP contribution in [0.25, 0.3) is 0 Å². The highest BCUT2D eigenvalue weighted by atomic mass is 35.5. The molecule has 2 aromatic rings. The normalized spacial score (nSPS) is 12.9. The van der Waals surface area contributed by atoms with Gasteiger partial charge in [-0.15, -0.1) is 0 Å². The number of nitrogens with two attached hydrogens (primary N) is 1. The van der Waals surface area contributed by atoms with E-state index >= 15 is 0 Å². The average Bonchev–Trinajstić information content (AvgIpc) is 2.81. The van der Waals surface area contributed by atoms with Crippen LogP contribution in [0.15, 0.2) is 18.6 Å². The van der Waals surface area contributed by atoms with Crippen LogP contribution in [0.5, 0.6) is 0 Å². The molecule has 0 aliphatic heterocycles. The zero-order chi connectivity index (χ0) is 15.4. The molecule has 0 radical (unpaired) electrons. The molecule has 0 fully saturated rings. The Morgan fingerprint density at radius 2 is 2.10 bits per heavy atom. The lowest BCUT2D eigenvalue weighted by Crippen LogP contribution is -2.32. The van der Waals surface area contributed by atoms with Crippen molar-refractivity contribution in [2.75, 3.05) is 20.6 Å². The molecular weight excluding hydrogens is 290 g/mol. The first-order valence-corrected chi connectivity index (χ1v) is 7.01. The minimum atomic E-state index is -0.352. The van der Waals surface area contributed by atoms with E-state index in [0.29, 0.717) is 17.3 Å². The maximum absolute atomic E-state index is 6.27. The lowest BCUT2D eigenvalue weighted by Gasteiger charge is -2.19. The Balaban J connectivity index is 2.33. The molecule has 2 aromatic heterocycles. The molecule has 7 nitrogen and oxygen atoms in total. The number of aromatic nitrogens is 4. The fraction of sp³-hybridized carbons (Fsp3) is 0.462. The summed E-state index contributed by atoms with van der Waals surface area (Å²) >= 11 is 6.27. The molecule has 3 N–H and O–H groups in total. The van der Waals surface area contributed by atoms with Gasteiger partial charge in [-0.3, -0.25) is 20.5 Å². The van der Waals surface area contributed by atoms with Crippen LogP contribution in [-0.4, -0.2) is 45.3 Å². The van der Waals surface area contributed by atoms with E-state index in [0.717, 1.165) is 17.9 Å². The van der Waals surface area contributed by atoms with Gasteiger partial charge < -0.3 is 4.90 Å². The highest BCUT2D eigenvalue weighted by Crippen LogP contribution is 2.26. The van der Waals surface area contributed by atoms with Crippen molar-refractivity contribution in [3.63, 3.8) is 0 Å². The maximum atomic E-state index is 6.27. The van der Waals surface area contributed by atoms with Gasteiger partial charge in [-0.25, -0.2) is 5.43 Å². The monoisotopic (exact) mass is 309 g/mol. The number of aryl methyl sites for hydroxylation is 1. The smallest absolute Gasteiger partial charge is 0.108 e. The summed E-state index contributed by atoms with van der Waals surface area (Å²) in [5.74, 6) is 5.70. The number of hydrazine groups is 1. The van der Waals surface area contributed by atoms with Gasteiger partial charge in [0.15, 0.2) is 0 Å². The lowest BCUT2D eigenvalue weighted by molar-refractivity contribution is 0.365. The van der Waals surface area contributed by atoms with Crippen molar-refractivity contribution in [1.29, 1.82) is 0 Å². The van der Waals surface area contributed by atoms with Gasteiger partial charge in [0.05, 0.1) is 41.0 Å². The molecule has 8 heteroatoms. The predicted molar refractivity (Wildman–Crippen MR) is 81.7 cm³/mol. The molecule has 0 aliphatic rings. The van der Waals surface area contributed by atoms with E-state index in [9.17, 15) is 0 Å². The van der Waals surface area contributed by atoms with Gasteiger partial charge in [-0.05, 0) is 21.0 Å². The second kappa shape index (κ2) is 6.95. The summed E-state index contributed by atoms with van der Waals surface area (Å²) in [5, 5.41) is 4.87. The van der Waals surface area contributed by atoms with Gasteiger partial charge >= 0.3 is 0 Å². The van der Waals surface area contributed by atoms with E-state index < -0.39 is 0 Å². The molecular formula is C13H20ClN7. The standard InChI is InChI=1S/C13H20ClN7/c1-9-6-17-11(8-16-9)12(19-15)13-10(14)7-18-21(13)5-4-20(2)3/h6-8,12,19H,4-5,15H2,1-3H3. The molecule has 1 atom stereocenters. The third-order valence-electron chi connectivity index (χ3n) is 3.13. The SMILES string of the molecule is Cc1cnc(C(NN)c2c(Cl)cnn2CCN(C)C)cn1. The third-order valence-corrected chi connectivity index (χ3v) is 3.42. The second-order valence-corrected chi connectivity index (χ2v) is 5.49. The molecule has 0 aliphatic carbocycles. The van der Waals surface area contributed by atoms with Gasteiger partial charge in [0.1, 0.15) is 6.04 Å². The molecule has 0 bridgehead atoms. The number of hydrogen-bond donors (Lipinski definition) is 2. The average molecular weight is 310 g/mol. The van der Waals surface area contributed by atoms with Crippen LogP contribution in [0.4, 0.5) is 0 Å². The van der Waals surface area contributed by atoms with Gasteiger partial charge in [0.2, 0.25) is 0 Å². The van der Waals surface area contributed by atoms with E-state index in [4.69, 9.17) is 17.4 Å². The molecule has 1 unspecified atom stereocenters. The number of halogens is 1. The summed E-state index contributed by atoms with van der Waals surface area (Å²) in [6.45, 7) is 3.45. The summed E-state index contributed by atoms with van der Waals surface area (Å²) in [6.07, 6.45) is 5.02. The van der Waals surface area contributed by atoms with Crippen molar-refractivity contribution < 1.29 is 0 Å². The van der Waals surface area contributed by atoms with Crippen molar-refractivity contribution in [3.8, 4) is 0 Å². The van der Waals surface area contributed by atoms with Crippen molar-refractivity contribution in [3.05, 3.63) is 40.7 Å². The van der Waals surface area contributed by atoms with E-state index in [1.165, 1.54) is 0 Å². The van der Waals surface area contributed by atoms with Crippen LogP contribution < -0.4 is 11.3 Å². The molecule has 0 spiro atoms. The molecule has 2 heterocycles. The summed E-state index contributed by atoms with van der Waals surface area (Å²) < 4.78 is 1.84. The third kappa shape index (κ3) is 3.76. The molecule has 0 saturated carbocycles. The number of nitrogens with zero attached hydrogens (tertiary/aromatic N) is 5. The van der Waals surface area contributed by atoms with Crippen LogP contribution in [0.1, 0.15) is 23.1 Å². The highest BCUT2D eigenvalue weighted by molar-refractivity contribution is 6.31. The lowest BCUT2D eigenvalue weighted by atomic mass is 10.1. The Bertz CT molecular complexity index is 579. The molecule has 114 valence electrons. The summed E-state index contributed by atoms with van der Waals surface area (Å²) in [7, 11) is 4.02. The number of nitrogens with one attached hydrogen (secondary N) is 1.